The maximum absolute atomic E-state index is 12.7. The highest BCUT2D eigenvalue weighted by Gasteiger charge is 2.15. The number of rotatable bonds is 8. The Morgan fingerprint density at radius 3 is 2.53 bits per heavy atom. The molecule has 0 aliphatic carbocycles. The number of carbonyl (C=O) groups is 2. The molecule has 7 nitrogen and oxygen atoms in total. The van der Waals surface area contributed by atoms with Crippen LogP contribution < -0.4 is 14.8 Å². The van der Waals surface area contributed by atoms with Crippen LogP contribution in [0.1, 0.15) is 10.4 Å². The Morgan fingerprint density at radius 1 is 1.10 bits per heavy atom. The minimum atomic E-state index is -0.534. The summed E-state index contributed by atoms with van der Waals surface area (Å²) in [5.41, 5.74) is 2.11. The fourth-order valence-corrected chi connectivity index (χ4v) is 3.64. The van der Waals surface area contributed by atoms with Gasteiger partial charge in [0.2, 0.25) is 0 Å². The smallest absolute Gasteiger partial charge is 0.343 e. The van der Waals surface area contributed by atoms with Gasteiger partial charge in [0.1, 0.15) is 0 Å². The van der Waals surface area contributed by atoms with Gasteiger partial charge in [-0.1, -0.05) is 12.1 Å². The van der Waals surface area contributed by atoms with Gasteiger partial charge in [0.05, 0.1) is 19.9 Å². The Hall–Kier alpha value is -3.04. The zero-order valence-corrected chi connectivity index (χ0v) is 18.3. The summed E-state index contributed by atoms with van der Waals surface area (Å²) in [6.07, 6.45) is 2.02. The van der Waals surface area contributed by atoms with Gasteiger partial charge in [-0.3, -0.25) is 10.1 Å². The molecule has 3 rings (SSSR count). The topological polar surface area (TPSA) is 86.8 Å². The monoisotopic (exact) mass is 444 g/mol. The van der Waals surface area contributed by atoms with Crippen LogP contribution in [0.25, 0.3) is 11.3 Å². The van der Waals surface area contributed by atoms with Crippen LogP contribution in [0, 0.1) is 0 Å². The Balaban J connectivity index is 1.72. The number of ether oxygens (including phenoxy) is 3. The molecule has 1 amide bonds. The van der Waals surface area contributed by atoms with Gasteiger partial charge in [0.25, 0.3) is 5.91 Å². The summed E-state index contributed by atoms with van der Waals surface area (Å²) in [6, 6.07) is 12.8. The summed E-state index contributed by atoms with van der Waals surface area (Å²) in [5.74, 6) is -0.211. The van der Waals surface area contributed by atoms with Crippen LogP contribution in [0.4, 0.5) is 5.13 Å². The Labute approximate surface area is 182 Å². The number of thioether (sulfide) groups is 1. The van der Waals surface area contributed by atoms with E-state index in [1.807, 2.05) is 35.9 Å². The number of amides is 1. The van der Waals surface area contributed by atoms with Crippen LogP contribution >= 0.6 is 23.1 Å². The van der Waals surface area contributed by atoms with Gasteiger partial charge in [-0.2, -0.15) is 0 Å². The maximum atomic E-state index is 12.7. The molecule has 0 saturated heterocycles. The second-order valence-electron chi connectivity index (χ2n) is 5.95. The molecule has 3 aromatic rings. The molecule has 0 saturated carbocycles. The van der Waals surface area contributed by atoms with Gasteiger partial charge in [0, 0.05) is 21.4 Å². The molecule has 0 bridgehead atoms. The summed E-state index contributed by atoms with van der Waals surface area (Å²) in [7, 11) is 2.75. The van der Waals surface area contributed by atoms with E-state index in [0.717, 1.165) is 11.3 Å². The van der Waals surface area contributed by atoms with E-state index in [1.165, 1.54) is 36.5 Å². The zero-order valence-electron chi connectivity index (χ0n) is 16.6. The van der Waals surface area contributed by atoms with Gasteiger partial charge in [-0.25, -0.2) is 9.78 Å². The van der Waals surface area contributed by atoms with E-state index >= 15 is 0 Å². The molecule has 156 valence electrons. The average molecular weight is 445 g/mol. The number of methoxy groups -OCH3 is 2. The van der Waals surface area contributed by atoms with Gasteiger partial charge in [0.15, 0.2) is 23.2 Å². The molecule has 0 aliphatic heterocycles. The van der Waals surface area contributed by atoms with Crippen molar-refractivity contribution in [3.8, 4) is 22.8 Å². The summed E-state index contributed by atoms with van der Waals surface area (Å²) in [4.78, 5) is 29.6. The second kappa shape index (κ2) is 10.1. The Bertz CT molecular complexity index is 1030. The van der Waals surface area contributed by atoms with Gasteiger partial charge < -0.3 is 14.2 Å². The normalized spacial score (nSPS) is 10.4. The number of nitrogens with zero attached hydrogens (tertiary/aromatic N) is 1. The van der Waals surface area contributed by atoms with Crippen LogP contribution in [0.15, 0.2) is 52.7 Å². The summed E-state index contributed by atoms with van der Waals surface area (Å²) < 4.78 is 15.2. The molecule has 0 atom stereocenters. The molecule has 0 aliphatic rings. The molecule has 0 spiro atoms. The van der Waals surface area contributed by atoms with E-state index in [0.29, 0.717) is 16.4 Å². The fraction of sp³-hybridized carbons (Fsp3) is 0.190. The van der Waals surface area contributed by atoms with Crippen LogP contribution in [0.2, 0.25) is 0 Å². The van der Waals surface area contributed by atoms with E-state index in [4.69, 9.17) is 9.47 Å². The molecule has 0 radical (unpaired) electrons. The van der Waals surface area contributed by atoms with Gasteiger partial charge >= 0.3 is 5.97 Å². The van der Waals surface area contributed by atoms with E-state index in [2.05, 4.69) is 15.0 Å². The average Bonchev–Trinajstić information content (AvgIpc) is 3.25. The molecular weight excluding hydrogens is 424 g/mol. The number of anilines is 1. The van der Waals surface area contributed by atoms with Gasteiger partial charge in [-0.05, 0) is 36.6 Å². The standard InChI is InChI=1S/C21H20N2O5S2/c1-26-17-9-6-14(10-18(17)28-11-19(24)27-2)20(25)23-21-22-16(12-30-21)13-4-7-15(29-3)8-5-13/h4-10,12H,11H2,1-3H3,(H,22,23,25). The molecular formula is C21H20N2O5S2. The quantitative estimate of drug-likeness (QED) is 0.408. The number of esters is 1. The Morgan fingerprint density at radius 2 is 1.87 bits per heavy atom. The molecule has 1 N–H and O–H groups in total. The van der Waals surface area contributed by atoms with E-state index in [-0.39, 0.29) is 18.3 Å². The van der Waals surface area contributed by atoms with E-state index in [1.54, 1.807) is 23.9 Å². The lowest BCUT2D eigenvalue weighted by Crippen LogP contribution is -2.15. The van der Waals surface area contributed by atoms with Crippen LogP contribution in [0.5, 0.6) is 11.5 Å². The fourth-order valence-electron chi connectivity index (χ4n) is 2.52. The van der Waals surface area contributed by atoms with E-state index < -0.39 is 5.97 Å². The number of carbonyl (C=O) groups excluding carboxylic acids is 2. The second-order valence-corrected chi connectivity index (χ2v) is 7.69. The third-order valence-electron chi connectivity index (χ3n) is 4.11. The predicted octanol–water partition coefficient (Wildman–Crippen LogP) is 4.34. The number of aromatic nitrogens is 1. The highest BCUT2D eigenvalue weighted by molar-refractivity contribution is 7.98. The van der Waals surface area contributed by atoms with Crippen LogP contribution in [-0.4, -0.2) is 43.9 Å². The number of nitrogens with one attached hydrogen (secondary N) is 1. The van der Waals surface area contributed by atoms with Crippen molar-refractivity contribution >= 4 is 40.1 Å². The minimum Gasteiger partial charge on any atom is -0.493 e. The first-order valence-corrected chi connectivity index (χ1v) is 10.9. The molecule has 1 aromatic heterocycles. The van der Waals surface area contributed by atoms with Crippen molar-refractivity contribution in [2.24, 2.45) is 0 Å². The van der Waals surface area contributed by atoms with Crippen molar-refractivity contribution in [2.45, 2.75) is 4.90 Å². The number of benzene rings is 2. The number of hydrogen-bond donors (Lipinski definition) is 1. The number of thiazole rings is 1. The first-order chi connectivity index (χ1) is 14.5. The minimum absolute atomic E-state index is 0.268. The van der Waals surface area contributed by atoms with Gasteiger partial charge in [-0.15, -0.1) is 23.1 Å². The molecule has 9 heteroatoms. The SMILES string of the molecule is COC(=O)COc1cc(C(=O)Nc2nc(-c3ccc(SC)cc3)cs2)ccc1OC. The highest BCUT2D eigenvalue weighted by atomic mass is 32.2. The summed E-state index contributed by atoms with van der Waals surface area (Å²) >= 11 is 3.02. The third-order valence-corrected chi connectivity index (χ3v) is 5.61. The summed E-state index contributed by atoms with van der Waals surface area (Å²) in [5, 5.41) is 5.16. The van der Waals surface area contributed by atoms with Crippen molar-refractivity contribution in [3.05, 3.63) is 53.4 Å². The molecule has 0 unspecified atom stereocenters. The molecule has 30 heavy (non-hydrogen) atoms. The predicted molar refractivity (Wildman–Crippen MR) is 118 cm³/mol. The van der Waals surface area contributed by atoms with Crippen LogP contribution in [0.3, 0.4) is 0 Å². The van der Waals surface area contributed by atoms with Crippen LogP contribution in [-0.2, 0) is 9.53 Å². The van der Waals surface area contributed by atoms with Crippen molar-refractivity contribution in [2.75, 3.05) is 32.4 Å². The lowest BCUT2D eigenvalue weighted by molar-refractivity contribution is -0.142. The van der Waals surface area contributed by atoms with E-state index in [9.17, 15) is 9.59 Å². The van der Waals surface area contributed by atoms with Crippen molar-refractivity contribution in [1.29, 1.82) is 0 Å². The maximum Gasteiger partial charge on any atom is 0.343 e. The number of hydrogen-bond acceptors (Lipinski definition) is 8. The molecule has 1 heterocycles. The largest absolute Gasteiger partial charge is 0.493 e. The molecule has 0 fully saturated rings. The van der Waals surface area contributed by atoms with Crippen molar-refractivity contribution < 1.29 is 23.8 Å². The zero-order chi connectivity index (χ0) is 21.5. The Kier molecular flexibility index (Phi) is 7.31. The lowest BCUT2D eigenvalue weighted by atomic mass is 10.2. The van der Waals surface area contributed by atoms with Crippen molar-refractivity contribution in [3.63, 3.8) is 0 Å². The highest BCUT2D eigenvalue weighted by Crippen LogP contribution is 2.30. The third kappa shape index (κ3) is 5.31. The lowest BCUT2D eigenvalue weighted by Gasteiger charge is -2.11. The summed E-state index contributed by atoms with van der Waals surface area (Å²) in [6.45, 7) is -0.289. The first kappa shape index (κ1) is 21.7. The molecule has 2 aromatic carbocycles. The first-order valence-electron chi connectivity index (χ1n) is 8.83. The van der Waals surface area contributed by atoms with Crippen molar-refractivity contribution in [1.82, 2.24) is 4.98 Å².